The van der Waals surface area contributed by atoms with E-state index in [4.69, 9.17) is 14.2 Å². The van der Waals surface area contributed by atoms with E-state index in [9.17, 15) is 9.59 Å². The van der Waals surface area contributed by atoms with E-state index in [2.05, 4.69) is 31.1 Å². The molecule has 1 amide bonds. The third-order valence-electron chi connectivity index (χ3n) is 9.72. The summed E-state index contributed by atoms with van der Waals surface area (Å²) in [4.78, 5) is 29.5. The molecule has 4 fully saturated rings. The maximum Gasteiger partial charge on any atom is 0.325 e. The van der Waals surface area contributed by atoms with E-state index in [0.29, 0.717) is 24.0 Å². The molecule has 0 bridgehead atoms. The monoisotopic (exact) mass is 608 g/mol. The van der Waals surface area contributed by atoms with Crippen molar-refractivity contribution in [3.8, 4) is 0 Å². The van der Waals surface area contributed by atoms with Gasteiger partial charge in [-0.05, 0) is 84.0 Å². The van der Waals surface area contributed by atoms with Crippen LogP contribution in [0.15, 0.2) is 0 Å². The molecular formula is C32H60N6O5. The second-order valence-corrected chi connectivity index (χ2v) is 14.1. The zero-order chi connectivity index (χ0) is 30.7. The number of esters is 1. The van der Waals surface area contributed by atoms with E-state index in [0.717, 1.165) is 117 Å². The molecule has 0 unspecified atom stereocenters. The summed E-state index contributed by atoms with van der Waals surface area (Å²) >= 11 is 0. The van der Waals surface area contributed by atoms with Crippen molar-refractivity contribution in [3.05, 3.63) is 0 Å². The number of hydrogen-bond acceptors (Lipinski definition) is 10. The molecule has 4 aliphatic rings. The number of carbonyl (C=O) groups is 2. The van der Waals surface area contributed by atoms with Gasteiger partial charge in [0, 0.05) is 71.4 Å². The van der Waals surface area contributed by atoms with Crippen LogP contribution in [-0.4, -0.2) is 125 Å². The third-order valence-corrected chi connectivity index (χ3v) is 9.72. The lowest BCUT2D eigenvalue weighted by Gasteiger charge is -2.40. The molecule has 248 valence electrons. The van der Waals surface area contributed by atoms with Crippen molar-refractivity contribution < 1.29 is 23.8 Å². The van der Waals surface area contributed by atoms with Gasteiger partial charge in [0.05, 0.1) is 19.3 Å². The Balaban J connectivity index is 1.02. The average Bonchev–Trinajstić information content (AvgIpc) is 3.00. The van der Waals surface area contributed by atoms with Crippen LogP contribution in [0.2, 0.25) is 0 Å². The Morgan fingerprint density at radius 2 is 1.42 bits per heavy atom. The fourth-order valence-corrected chi connectivity index (χ4v) is 7.11. The van der Waals surface area contributed by atoms with Crippen molar-refractivity contribution in [2.75, 3.05) is 79.2 Å². The molecule has 0 atom stereocenters. The van der Waals surface area contributed by atoms with Crippen molar-refractivity contribution in [1.29, 1.82) is 0 Å². The van der Waals surface area contributed by atoms with Gasteiger partial charge in [-0.1, -0.05) is 0 Å². The predicted molar refractivity (Wildman–Crippen MR) is 167 cm³/mol. The highest BCUT2D eigenvalue weighted by atomic mass is 16.6. The van der Waals surface area contributed by atoms with Gasteiger partial charge in [0.25, 0.3) is 0 Å². The number of nitrogens with one attached hydrogen (secondary N) is 4. The summed E-state index contributed by atoms with van der Waals surface area (Å²) < 4.78 is 16.8. The molecule has 11 heteroatoms. The Morgan fingerprint density at radius 1 is 0.814 bits per heavy atom. The number of piperazine rings is 1. The Morgan fingerprint density at radius 3 is 2.00 bits per heavy atom. The first-order valence-corrected chi connectivity index (χ1v) is 17.0. The maximum atomic E-state index is 12.6. The van der Waals surface area contributed by atoms with E-state index in [-0.39, 0.29) is 30.6 Å². The Labute approximate surface area is 259 Å². The standard InChI is InChI=1S/C32H60N6O5/c1-32(2,3)43-29(39)23-33-30(40)25-7-5-24(6-8-25)26-21-34-31(35-22-26)36-27-9-11-28(12-10-27)42-20-18-38-15-13-37(14-16-38)17-19-41-4/h24-28,31,34-36H,5-23H2,1-4H3,(H,33,40). The maximum absolute atomic E-state index is 12.6. The zero-order valence-electron chi connectivity index (χ0n) is 27.3. The summed E-state index contributed by atoms with van der Waals surface area (Å²) in [6.07, 6.45) is 9.04. The molecule has 11 nitrogen and oxygen atoms in total. The van der Waals surface area contributed by atoms with Gasteiger partial charge in [-0.3, -0.25) is 35.3 Å². The van der Waals surface area contributed by atoms with E-state index in [1.807, 2.05) is 20.8 Å². The summed E-state index contributed by atoms with van der Waals surface area (Å²) in [6.45, 7) is 15.7. The second-order valence-electron chi connectivity index (χ2n) is 14.1. The van der Waals surface area contributed by atoms with E-state index < -0.39 is 5.60 Å². The first kappa shape index (κ1) is 34.5. The number of rotatable bonds is 13. The molecule has 0 radical (unpaired) electrons. The molecule has 43 heavy (non-hydrogen) atoms. The fourth-order valence-electron chi connectivity index (χ4n) is 7.11. The molecule has 2 saturated heterocycles. The lowest BCUT2D eigenvalue weighted by atomic mass is 9.75. The number of carbonyl (C=O) groups excluding carboxylic acids is 2. The van der Waals surface area contributed by atoms with E-state index in [1.54, 1.807) is 7.11 Å². The SMILES string of the molecule is COCCN1CCN(CCOC2CCC(NC3NCC(C4CCC(C(=O)NCC(=O)OC(C)(C)C)CC4)CN3)CC2)CC1. The van der Waals surface area contributed by atoms with Gasteiger partial charge >= 0.3 is 5.97 Å². The van der Waals surface area contributed by atoms with Crippen molar-refractivity contribution in [2.45, 2.75) is 96.2 Å². The van der Waals surface area contributed by atoms with Crippen LogP contribution in [0.3, 0.4) is 0 Å². The van der Waals surface area contributed by atoms with Crippen LogP contribution in [0.4, 0.5) is 0 Å². The lowest BCUT2D eigenvalue weighted by Crippen LogP contribution is -2.63. The minimum Gasteiger partial charge on any atom is -0.459 e. The molecule has 0 spiro atoms. The Kier molecular flexibility index (Phi) is 14.0. The Bertz CT molecular complexity index is 825. The number of hydrogen-bond donors (Lipinski definition) is 4. The quantitative estimate of drug-likeness (QED) is 0.230. The number of nitrogens with zero attached hydrogens (tertiary/aromatic N) is 2. The fraction of sp³-hybridized carbons (Fsp3) is 0.938. The minimum atomic E-state index is -0.536. The zero-order valence-corrected chi connectivity index (χ0v) is 27.3. The van der Waals surface area contributed by atoms with Crippen molar-refractivity contribution in [1.82, 2.24) is 31.1 Å². The highest BCUT2D eigenvalue weighted by Crippen LogP contribution is 2.34. The smallest absolute Gasteiger partial charge is 0.325 e. The summed E-state index contributed by atoms with van der Waals surface area (Å²) in [5.74, 6) is 0.817. The van der Waals surface area contributed by atoms with Gasteiger partial charge in [0.2, 0.25) is 5.91 Å². The van der Waals surface area contributed by atoms with Crippen LogP contribution in [0.1, 0.15) is 72.1 Å². The topological polar surface area (TPSA) is 116 Å². The van der Waals surface area contributed by atoms with Crippen LogP contribution >= 0.6 is 0 Å². The van der Waals surface area contributed by atoms with E-state index in [1.165, 1.54) is 0 Å². The van der Waals surface area contributed by atoms with Crippen LogP contribution in [0.25, 0.3) is 0 Å². The van der Waals surface area contributed by atoms with Crippen molar-refractivity contribution >= 4 is 11.9 Å². The van der Waals surface area contributed by atoms with Gasteiger partial charge in [-0.15, -0.1) is 0 Å². The molecule has 2 aliphatic carbocycles. The van der Waals surface area contributed by atoms with E-state index >= 15 is 0 Å². The van der Waals surface area contributed by atoms with Gasteiger partial charge in [0.1, 0.15) is 18.4 Å². The summed E-state index contributed by atoms with van der Waals surface area (Å²) in [5.41, 5.74) is -0.536. The number of ether oxygens (including phenoxy) is 3. The minimum absolute atomic E-state index is 0.00122. The molecule has 4 rings (SSSR count). The van der Waals surface area contributed by atoms with Crippen molar-refractivity contribution in [3.63, 3.8) is 0 Å². The first-order chi connectivity index (χ1) is 20.7. The molecule has 0 aromatic carbocycles. The van der Waals surface area contributed by atoms with Crippen LogP contribution in [0.5, 0.6) is 0 Å². The highest BCUT2D eigenvalue weighted by Gasteiger charge is 2.34. The molecule has 0 aromatic heterocycles. The molecule has 4 N–H and O–H groups in total. The molecule has 0 aromatic rings. The number of methoxy groups -OCH3 is 1. The van der Waals surface area contributed by atoms with Crippen LogP contribution in [0, 0.1) is 17.8 Å². The van der Waals surface area contributed by atoms with Gasteiger partial charge in [-0.2, -0.15) is 0 Å². The van der Waals surface area contributed by atoms with Crippen LogP contribution in [-0.2, 0) is 23.8 Å². The number of amides is 1. The normalized spacial score (nSPS) is 31.4. The van der Waals surface area contributed by atoms with Gasteiger partial charge in [-0.25, -0.2) is 0 Å². The van der Waals surface area contributed by atoms with Crippen LogP contribution < -0.4 is 21.3 Å². The first-order valence-electron chi connectivity index (χ1n) is 17.0. The summed E-state index contributed by atoms with van der Waals surface area (Å²) in [5, 5.41) is 14.0. The second kappa shape index (κ2) is 17.4. The summed E-state index contributed by atoms with van der Waals surface area (Å²) in [7, 11) is 1.77. The average molecular weight is 609 g/mol. The van der Waals surface area contributed by atoms with Crippen molar-refractivity contribution in [2.24, 2.45) is 17.8 Å². The molecule has 2 saturated carbocycles. The van der Waals surface area contributed by atoms with Gasteiger partial charge in [0.15, 0.2) is 0 Å². The highest BCUT2D eigenvalue weighted by molar-refractivity contribution is 5.83. The largest absolute Gasteiger partial charge is 0.459 e. The van der Waals surface area contributed by atoms with Gasteiger partial charge < -0.3 is 19.5 Å². The summed E-state index contributed by atoms with van der Waals surface area (Å²) in [6, 6.07) is 0.524. The Hall–Kier alpha value is -1.34. The molecule has 2 heterocycles. The third kappa shape index (κ3) is 12.2. The molecule has 2 aliphatic heterocycles. The lowest BCUT2D eigenvalue weighted by molar-refractivity contribution is -0.154. The predicted octanol–water partition coefficient (Wildman–Crippen LogP) is 1.52. The molecular weight excluding hydrogens is 548 g/mol.